The van der Waals surface area contributed by atoms with Gasteiger partial charge < -0.3 is 14.6 Å². The maximum Gasteiger partial charge on any atom is 0.325 e. The fourth-order valence-corrected chi connectivity index (χ4v) is 5.54. The van der Waals surface area contributed by atoms with Crippen LogP contribution in [0, 0.1) is 13.8 Å². The van der Waals surface area contributed by atoms with E-state index in [4.69, 9.17) is 4.74 Å². The molecule has 0 unspecified atom stereocenters. The number of imide groups is 1. The molecule has 1 aliphatic carbocycles. The van der Waals surface area contributed by atoms with E-state index < -0.39 is 11.6 Å². The fraction of sp³-hybridized carbons (Fsp3) is 0.480. The van der Waals surface area contributed by atoms with Crippen molar-refractivity contribution < 1.29 is 19.1 Å². The van der Waals surface area contributed by atoms with E-state index in [0.29, 0.717) is 18.5 Å². The van der Waals surface area contributed by atoms with E-state index in [0.717, 1.165) is 59.7 Å². The average molecular weight is 436 g/mol. The maximum atomic E-state index is 13.5. The second kappa shape index (κ2) is 7.89. The van der Waals surface area contributed by atoms with Gasteiger partial charge in [0.05, 0.1) is 12.6 Å². The first-order chi connectivity index (χ1) is 15.4. The van der Waals surface area contributed by atoms with Gasteiger partial charge in [0.25, 0.3) is 5.91 Å². The molecule has 1 aromatic carbocycles. The van der Waals surface area contributed by atoms with Gasteiger partial charge in [0.15, 0.2) is 5.78 Å². The van der Waals surface area contributed by atoms with Crippen LogP contribution in [0.4, 0.5) is 4.79 Å². The van der Waals surface area contributed by atoms with Crippen molar-refractivity contribution in [1.82, 2.24) is 14.8 Å². The summed E-state index contributed by atoms with van der Waals surface area (Å²) in [5.74, 6) is -0.544. The van der Waals surface area contributed by atoms with Gasteiger partial charge in [0, 0.05) is 30.1 Å². The number of carbonyl (C=O) groups excluding carboxylic acids is 3. The normalized spacial score (nSPS) is 24.8. The van der Waals surface area contributed by atoms with Crippen LogP contribution in [-0.2, 0) is 28.0 Å². The summed E-state index contributed by atoms with van der Waals surface area (Å²) in [7, 11) is 0. The van der Waals surface area contributed by atoms with Crippen LogP contribution in [0.5, 0.6) is 0 Å². The highest BCUT2D eigenvalue weighted by Crippen LogP contribution is 2.40. The molecule has 2 aliphatic heterocycles. The van der Waals surface area contributed by atoms with E-state index in [2.05, 4.69) is 9.88 Å². The molecule has 5 rings (SSSR count). The van der Waals surface area contributed by atoms with Gasteiger partial charge >= 0.3 is 6.03 Å². The average Bonchev–Trinajstić information content (AvgIpc) is 3.46. The Kier molecular flexibility index (Phi) is 5.16. The van der Waals surface area contributed by atoms with Gasteiger partial charge in [-0.05, 0) is 63.1 Å². The van der Waals surface area contributed by atoms with Crippen molar-refractivity contribution in [3.8, 4) is 0 Å². The van der Waals surface area contributed by atoms with Crippen LogP contribution in [0.15, 0.2) is 30.3 Å². The van der Waals surface area contributed by atoms with Gasteiger partial charge in [-0.1, -0.05) is 24.3 Å². The van der Waals surface area contributed by atoms with E-state index in [1.165, 1.54) is 0 Å². The third-order valence-electron chi connectivity index (χ3n) is 7.24. The molecule has 3 aliphatic rings. The molecule has 2 aromatic rings. The Morgan fingerprint density at radius 3 is 2.81 bits per heavy atom. The summed E-state index contributed by atoms with van der Waals surface area (Å²) in [5, 5.41) is 2.93. The van der Waals surface area contributed by atoms with Crippen LogP contribution in [0.3, 0.4) is 0 Å². The quantitative estimate of drug-likeness (QED) is 0.578. The number of nitrogens with zero attached hydrogens (tertiary/aromatic N) is 2. The summed E-state index contributed by atoms with van der Waals surface area (Å²) in [4.78, 5) is 40.6. The van der Waals surface area contributed by atoms with Gasteiger partial charge in [-0.15, -0.1) is 0 Å². The maximum absolute atomic E-state index is 13.5. The number of amides is 3. The molecule has 0 saturated carbocycles. The molecule has 1 spiro atoms. The number of urea groups is 1. The number of hydrogen-bond donors (Lipinski definition) is 1. The van der Waals surface area contributed by atoms with Crippen LogP contribution < -0.4 is 5.32 Å². The van der Waals surface area contributed by atoms with Crippen molar-refractivity contribution >= 4 is 17.7 Å². The number of ether oxygens (including phenoxy) is 1. The largest absolute Gasteiger partial charge is 0.376 e. The lowest BCUT2D eigenvalue weighted by Crippen LogP contribution is -2.46. The lowest BCUT2D eigenvalue weighted by molar-refractivity contribution is -0.131. The molecule has 32 heavy (non-hydrogen) atoms. The van der Waals surface area contributed by atoms with E-state index in [1.807, 2.05) is 44.2 Å². The second-order valence-electron chi connectivity index (χ2n) is 9.19. The number of nitrogens with one attached hydrogen (secondary N) is 1. The standard InChI is InChI=1S/C25H29N3O4/c1-16-13-20(17(2)27(16)14-19-9-6-12-32-19)22(29)15-28-23(30)25(26-24(28)31)11-5-8-18-7-3-4-10-21(18)25/h3-4,7,10,13,19H,5-6,8-9,11-12,14-15H2,1-2H3,(H,26,31)/t19-,25+/m1/s1. The predicted octanol–water partition coefficient (Wildman–Crippen LogP) is 3.25. The SMILES string of the molecule is Cc1cc(C(=O)CN2C(=O)N[C@]3(CCCc4ccccc43)C2=O)c(C)n1C[C@H]1CCCO1. The minimum Gasteiger partial charge on any atom is -0.376 e. The zero-order valence-corrected chi connectivity index (χ0v) is 18.6. The van der Waals surface area contributed by atoms with Gasteiger partial charge in [-0.3, -0.25) is 14.5 Å². The summed E-state index contributed by atoms with van der Waals surface area (Å²) in [6.45, 7) is 5.14. The number of hydrogen-bond acceptors (Lipinski definition) is 4. The molecule has 0 bridgehead atoms. The van der Waals surface area contributed by atoms with Crippen LogP contribution >= 0.6 is 0 Å². The highest BCUT2D eigenvalue weighted by Gasteiger charge is 2.54. The number of aromatic nitrogens is 1. The molecular formula is C25H29N3O4. The van der Waals surface area contributed by atoms with E-state index in [1.54, 1.807) is 0 Å². The first-order valence-corrected chi connectivity index (χ1v) is 11.4. The predicted molar refractivity (Wildman–Crippen MR) is 119 cm³/mol. The van der Waals surface area contributed by atoms with Crippen molar-refractivity contribution in [2.24, 2.45) is 0 Å². The number of Topliss-reactive ketones (excluding diaryl/α,β-unsaturated/α-hetero) is 1. The molecule has 7 nitrogen and oxygen atoms in total. The van der Waals surface area contributed by atoms with E-state index >= 15 is 0 Å². The molecule has 3 heterocycles. The van der Waals surface area contributed by atoms with Gasteiger partial charge in [0.2, 0.25) is 0 Å². The molecule has 7 heteroatoms. The molecule has 168 valence electrons. The Balaban J connectivity index is 1.38. The Labute approximate surface area is 187 Å². The third kappa shape index (κ3) is 3.26. The highest BCUT2D eigenvalue weighted by molar-refractivity contribution is 6.11. The molecule has 1 N–H and O–H groups in total. The summed E-state index contributed by atoms with van der Waals surface area (Å²) in [6, 6.07) is 9.13. The van der Waals surface area contributed by atoms with E-state index in [9.17, 15) is 14.4 Å². The molecule has 2 fully saturated rings. The molecule has 2 saturated heterocycles. The number of aryl methyl sites for hydroxylation is 2. The van der Waals surface area contributed by atoms with Crippen LogP contribution in [-0.4, -0.2) is 46.4 Å². The Bertz CT molecular complexity index is 1100. The number of rotatable bonds is 5. The molecule has 1 aromatic heterocycles. The van der Waals surface area contributed by atoms with Gasteiger partial charge in [-0.2, -0.15) is 0 Å². The van der Waals surface area contributed by atoms with Crippen molar-refractivity contribution in [1.29, 1.82) is 0 Å². The summed E-state index contributed by atoms with van der Waals surface area (Å²) in [6.07, 6.45) is 4.50. The number of benzene rings is 1. The Hall–Kier alpha value is -2.93. The monoisotopic (exact) mass is 435 g/mol. The van der Waals surface area contributed by atoms with Crippen molar-refractivity contribution in [2.75, 3.05) is 13.2 Å². The minimum absolute atomic E-state index is 0.167. The third-order valence-corrected chi connectivity index (χ3v) is 7.24. The topological polar surface area (TPSA) is 80.6 Å². The van der Waals surface area contributed by atoms with Gasteiger partial charge in [-0.25, -0.2) is 4.79 Å². The van der Waals surface area contributed by atoms with Crippen LogP contribution in [0.25, 0.3) is 0 Å². The highest BCUT2D eigenvalue weighted by atomic mass is 16.5. The molecule has 2 atom stereocenters. The van der Waals surface area contributed by atoms with Crippen molar-refractivity contribution in [2.45, 2.75) is 64.1 Å². The zero-order valence-electron chi connectivity index (χ0n) is 18.6. The van der Waals surface area contributed by atoms with Crippen LogP contribution in [0.2, 0.25) is 0 Å². The number of carbonyl (C=O) groups is 3. The molecular weight excluding hydrogens is 406 g/mol. The number of fused-ring (bicyclic) bond motifs is 2. The summed E-state index contributed by atoms with van der Waals surface area (Å²) in [5.41, 5.74) is 3.28. The fourth-order valence-electron chi connectivity index (χ4n) is 5.54. The molecule has 3 amide bonds. The van der Waals surface area contributed by atoms with Crippen LogP contribution in [0.1, 0.15) is 58.6 Å². The lowest BCUT2D eigenvalue weighted by Gasteiger charge is -2.33. The first kappa shape index (κ1) is 20.9. The summed E-state index contributed by atoms with van der Waals surface area (Å²) < 4.78 is 7.86. The lowest BCUT2D eigenvalue weighted by atomic mass is 9.76. The zero-order chi connectivity index (χ0) is 22.5. The Morgan fingerprint density at radius 1 is 1.22 bits per heavy atom. The Morgan fingerprint density at radius 2 is 2.03 bits per heavy atom. The second-order valence-corrected chi connectivity index (χ2v) is 9.19. The summed E-state index contributed by atoms with van der Waals surface area (Å²) >= 11 is 0. The molecule has 0 radical (unpaired) electrons. The first-order valence-electron chi connectivity index (χ1n) is 11.4. The van der Waals surface area contributed by atoms with Gasteiger partial charge in [0.1, 0.15) is 5.54 Å². The van der Waals surface area contributed by atoms with E-state index in [-0.39, 0.29) is 24.3 Å². The van der Waals surface area contributed by atoms with Crippen molar-refractivity contribution in [3.63, 3.8) is 0 Å². The minimum atomic E-state index is -1.05. The number of ketones is 1. The smallest absolute Gasteiger partial charge is 0.325 e. The van der Waals surface area contributed by atoms with Crippen molar-refractivity contribution in [3.05, 3.63) is 58.4 Å².